The molecular weight excluding hydrogens is 346 g/mol. The number of aryl methyl sites for hydroxylation is 1. The van der Waals surface area contributed by atoms with E-state index in [1.54, 1.807) is 25.6 Å². The van der Waals surface area contributed by atoms with Gasteiger partial charge in [-0.2, -0.15) is 0 Å². The van der Waals surface area contributed by atoms with Crippen LogP contribution in [0.5, 0.6) is 5.75 Å². The fourth-order valence-corrected chi connectivity index (χ4v) is 2.42. The fourth-order valence-electron chi connectivity index (χ4n) is 2.42. The van der Waals surface area contributed by atoms with Gasteiger partial charge in [-0.1, -0.05) is 6.07 Å². The monoisotopic (exact) mass is 367 g/mol. The minimum Gasteiger partial charge on any atom is -0.495 e. The van der Waals surface area contributed by atoms with Crippen LogP contribution in [0.15, 0.2) is 53.4 Å². The normalized spacial score (nSPS) is 10.4. The Labute approximate surface area is 157 Å². The van der Waals surface area contributed by atoms with Crippen LogP contribution in [-0.4, -0.2) is 23.1 Å². The SMILES string of the molecule is COc1cc(CNCc2ccco2)ccc1NC(=O)Nc1cnc(C)cn1. The molecule has 1 aromatic carbocycles. The Morgan fingerprint density at radius 2 is 2.04 bits per heavy atom. The number of furan rings is 1. The van der Waals surface area contributed by atoms with Crippen LogP contribution in [0.2, 0.25) is 0 Å². The number of rotatable bonds is 7. The zero-order valence-corrected chi connectivity index (χ0v) is 15.2. The smallest absolute Gasteiger partial charge is 0.324 e. The number of methoxy groups -OCH3 is 1. The van der Waals surface area contributed by atoms with E-state index >= 15 is 0 Å². The molecule has 8 heteroatoms. The molecule has 0 aliphatic rings. The number of urea groups is 1. The van der Waals surface area contributed by atoms with Crippen molar-refractivity contribution < 1.29 is 13.9 Å². The molecule has 0 unspecified atom stereocenters. The topological polar surface area (TPSA) is 101 Å². The Balaban J connectivity index is 1.58. The predicted molar refractivity (Wildman–Crippen MR) is 102 cm³/mol. The minimum absolute atomic E-state index is 0.371. The highest BCUT2D eigenvalue weighted by Crippen LogP contribution is 2.25. The molecule has 3 N–H and O–H groups in total. The predicted octanol–water partition coefficient (Wildman–Crippen LogP) is 3.32. The van der Waals surface area contributed by atoms with Crippen molar-refractivity contribution in [1.29, 1.82) is 0 Å². The summed E-state index contributed by atoms with van der Waals surface area (Å²) >= 11 is 0. The Morgan fingerprint density at radius 3 is 2.74 bits per heavy atom. The van der Waals surface area contributed by atoms with Gasteiger partial charge in [0.1, 0.15) is 11.5 Å². The summed E-state index contributed by atoms with van der Waals surface area (Å²) in [5.74, 6) is 1.81. The molecule has 8 nitrogen and oxygen atoms in total. The third-order valence-electron chi connectivity index (χ3n) is 3.75. The minimum atomic E-state index is -0.421. The van der Waals surface area contributed by atoms with Gasteiger partial charge in [-0.3, -0.25) is 10.3 Å². The van der Waals surface area contributed by atoms with E-state index in [4.69, 9.17) is 9.15 Å². The summed E-state index contributed by atoms with van der Waals surface area (Å²) in [6.07, 6.45) is 4.73. The molecule has 2 aromatic heterocycles. The van der Waals surface area contributed by atoms with Gasteiger partial charge in [0.15, 0.2) is 5.82 Å². The molecular formula is C19H21N5O3. The maximum atomic E-state index is 12.2. The van der Waals surface area contributed by atoms with E-state index in [2.05, 4.69) is 25.9 Å². The number of anilines is 2. The number of nitrogens with zero attached hydrogens (tertiary/aromatic N) is 2. The summed E-state index contributed by atoms with van der Waals surface area (Å²) in [5.41, 5.74) is 2.36. The van der Waals surface area contributed by atoms with Crippen molar-refractivity contribution in [3.8, 4) is 5.75 Å². The number of hydrogen-bond donors (Lipinski definition) is 3. The zero-order valence-electron chi connectivity index (χ0n) is 15.2. The summed E-state index contributed by atoms with van der Waals surface area (Å²) in [4.78, 5) is 20.3. The molecule has 0 aliphatic carbocycles. The molecule has 2 amide bonds. The van der Waals surface area contributed by atoms with Crippen LogP contribution in [0.1, 0.15) is 17.0 Å². The van der Waals surface area contributed by atoms with Crippen LogP contribution in [0.3, 0.4) is 0 Å². The van der Waals surface area contributed by atoms with Crippen molar-refractivity contribution >= 4 is 17.5 Å². The molecule has 0 saturated carbocycles. The van der Waals surface area contributed by atoms with E-state index in [9.17, 15) is 4.79 Å². The number of amides is 2. The maximum Gasteiger partial charge on any atom is 0.324 e. The largest absolute Gasteiger partial charge is 0.495 e. The first-order chi connectivity index (χ1) is 13.1. The first-order valence-electron chi connectivity index (χ1n) is 8.40. The molecule has 3 aromatic rings. The first-order valence-corrected chi connectivity index (χ1v) is 8.40. The van der Waals surface area contributed by atoms with E-state index < -0.39 is 6.03 Å². The molecule has 140 valence electrons. The third kappa shape index (κ3) is 5.29. The second-order valence-corrected chi connectivity index (χ2v) is 5.84. The molecule has 0 spiro atoms. The van der Waals surface area contributed by atoms with Crippen LogP contribution in [0, 0.1) is 6.92 Å². The van der Waals surface area contributed by atoms with Gasteiger partial charge >= 0.3 is 6.03 Å². The number of carbonyl (C=O) groups excluding carboxylic acids is 1. The fraction of sp³-hybridized carbons (Fsp3) is 0.211. The van der Waals surface area contributed by atoms with Gasteiger partial charge in [-0.25, -0.2) is 9.78 Å². The maximum absolute atomic E-state index is 12.2. The molecule has 0 fully saturated rings. The third-order valence-corrected chi connectivity index (χ3v) is 3.75. The molecule has 0 bridgehead atoms. The summed E-state index contributed by atoms with van der Waals surface area (Å²) in [7, 11) is 1.56. The number of hydrogen-bond acceptors (Lipinski definition) is 6. The lowest BCUT2D eigenvalue weighted by atomic mass is 10.2. The van der Waals surface area contributed by atoms with Gasteiger partial charge in [0.25, 0.3) is 0 Å². The van der Waals surface area contributed by atoms with Crippen molar-refractivity contribution in [2.75, 3.05) is 17.7 Å². The number of ether oxygens (including phenoxy) is 1. The van der Waals surface area contributed by atoms with E-state index in [1.165, 1.54) is 6.20 Å². The highest BCUT2D eigenvalue weighted by molar-refractivity contribution is 6.00. The number of carbonyl (C=O) groups is 1. The number of nitrogens with one attached hydrogen (secondary N) is 3. The van der Waals surface area contributed by atoms with Gasteiger partial charge in [0, 0.05) is 6.54 Å². The quantitative estimate of drug-likeness (QED) is 0.592. The van der Waals surface area contributed by atoms with Crippen molar-refractivity contribution in [1.82, 2.24) is 15.3 Å². The summed E-state index contributed by atoms with van der Waals surface area (Å²) in [6.45, 7) is 3.10. The Morgan fingerprint density at radius 1 is 1.15 bits per heavy atom. The van der Waals surface area contributed by atoms with E-state index in [0.29, 0.717) is 30.3 Å². The van der Waals surface area contributed by atoms with Crippen molar-refractivity contribution in [3.63, 3.8) is 0 Å². The van der Waals surface area contributed by atoms with E-state index in [1.807, 2.05) is 31.2 Å². The van der Waals surface area contributed by atoms with Crippen molar-refractivity contribution in [3.05, 3.63) is 66.0 Å². The number of benzene rings is 1. The Hall–Kier alpha value is -3.39. The highest BCUT2D eigenvalue weighted by atomic mass is 16.5. The molecule has 0 radical (unpaired) electrons. The second kappa shape index (κ2) is 8.81. The Bertz CT molecular complexity index is 879. The molecule has 3 rings (SSSR count). The van der Waals surface area contributed by atoms with Crippen LogP contribution in [0.4, 0.5) is 16.3 Å². The van der Waals surface area contributed by atoms with Crippen LogP contribution in [0.25, 0.3) is 0 Å². The summed E-state index contributed by atoms with van der Waals surface area (Å²) in [5, 5.41) is 8.67. The highest BCUT2D eigenvalue weighted by Gasteiger charge is 2.09. The van der Waals surface area contributed by atoms with Gasteiger partial charge in [0.05, 0.1) is 43.7 Å². The summed E-state index contributed by atoms with van der Waals surface area (Å²) in [6, 6.07) is 8.93. The van der Waals surface area contributed by atoms with Crippen molar-refractivity contribution in [2.24, 2.45) is 0 Å². The van der Waals surface area contributed by atoms with Gasteiger partial charge in [-0.15, -0.1) is 0 Å². The first kappa shape index (κ1) is 18.4. The molecule has 0 aliphatic heterocycles. The van der Waals surface area contributed by atoms with Crippen LogP contribution < -0.4 is 20.7 Å². The summed E-state index contributed by atoms with van der Waals surface area (Å²) < 4.78 is 10.7. The average molecular weight is 367 g/mol. The van der Waals surface area contributed by atoms with Gasteiger partial charge < -0.3 is 19.8 Å². The molecule has 2 heterocycles. The van der Waals surface area contributed by atoms with Crippen LogP contribution in [-0.2, 0) is 13.1 Å². The number of aromatic nitrogens is 2. The lowest BCUT2D eigenvalue weighted by Gasteiger charge is -2.13. The molecule has 0 atom stereocenters. The van der Waals surface area contributed by atoms with Crippen molar-refractivity contribution in [2.45, 2.75) is 20.0 Å². The Kier molecular flexibility index (Phi) is 6.01. The van der Waals surface area contributed by atoms with Gasteiger partial charge in [-0.05, 0) is 36.8 Å². The van der Waals surface area contributed by atoms with Gasteiger partial charge in [0.2, 0.25) is 0 Å². The lowest BCUT2D eigenvalue weighted by molar-refractivity contribution is 0.262. The molecule has 27 heavy (non-hydrogen) atoms. The standard InChI is InChI=1S/C19H21N5O3/c1-13-9-22-18(12-21-13)24-19(25)23-16-6-5-14(8-17(16)26-2)10-20-11-15-4-3-7-27-15/h3-9,12,20H,10-11H2,1-2H3,(H2,22,23,24,25). The van der Waals surface area contributed by atoms with Crippen LogP contribution >= 0.6 is 0 Å². The molecule has 0 saturated heterocycles. The lowest BCUT2D eigenvalue weighted by Crippen LogP contribution is -2.20. The second-order valence-electron chi connectivity index (χ2n) is 5.84. The van der Waals surface area contributed by atoms with E-state index in [-0.39, 0.29) is 0 Å². The van der Waals surface area contributed by atoms with E-state index in [0.717, 1.165) is 17.0 Å². The average Bonchev–Trinajstić information content (AvgIpc) is 3.18. The zero-order chi connectivity index (χ0) is 19.1.